The summed E-state index contributed by atoms with van der Waals surface area (Å²) >= 11 is 0. The van der Waals surface area contributed by atoms with Crippen LogP contribution in [-0.4, -0.2) is 13.7 Å². The largest absolute Gasteiger partial charge is 0.497 e. The minimum absolute atomic E-state index is 0.196. The van der Waals surface area contributed by atoms with Gasteiger partial charge in [-0.2, -0.15) is 0 Å². The number of benzene rings is 1. The monoisotopic (exact) mass is 215 g/mol. The lowest BCUT2D eigenvalue weighted by atomic mass is 10.0. The molecule has 0 saturated carbocycles. The second-order valence-corrected chi connectivity index (χ2v) is 3.33. The number of rotatable bonds is 2. The summed E-state index contributed by atoms with van der Waals surface area (Å²) in [7, 11) is 1.64. The van der Waals surface area contributed by atoms with E-state index >= 15 is 0 Å². The van der Waals surface area contributed by atoms with Gasteiger partial charge in [-0.25, -0.2) is 0 Å². The zero-order valence-electron chi connectivity index (χ0n) is 9.61. The average Bonchev–Trinajstić information content (AvgIpc) is 2.26. The first-order valence-electron chi connectivity index (χ1n) is 4.84. The molecule has 4 heteroatoms. The maximum Gasteiger partial charge on any atom is 0.119 e. The molecule has 0 heterocycles. The van der Waals surface area contributed by atoms with E-state index in [1.54, 1.807) is 7.11 Å². The predicted octanol–water partition coefficient (Wildman–Crippen LogP) is 2.97. The molecule has 0 bridgehead atoms. The lowest BCUT2D eigenvalue weighted by molar-refractivity contribution is 0.414. The Bertz CT molecular complexity index is 468. The molecule has 4 nitrogen and oxygen atoms in total. The van der Waals surface area contributed by atoms with Gasteiger partial charge in [-0.05, 0) is 42.6 Å². The minimum Gasteiger partial charge on any atom is -0.497 e. The van der Waals surface area contributed by atoms with Gasteiger partial charge in [0.05, 0.1) is 13.7 Å². The summed E-state index contributed by atoms with van der Waals surface area (Å²) in [5, 5.41) is 3.36. The van der Waals surface area contributed by atoms with Crippen molar-refractivity contribution in [1.29, 1.82) is 0 Å². The van der Waals surface area contributed by atoms with Gasteiger partial charge in [0.25, 0.3) is 0 Å². The van der Waals surface area contributed by atoms with Crippen molar-refractivity contribution in [1.82, 2.24) is 0 Å². The van der Waals surface area contributed by atoms with Crippen LogP contribution in [0.15, 0.2) is 17.2 Å². The molecule has 0 aliphatic rings. The second-order valence-electron chi connectivity index (χ2n) is 3.33. The van der Waals surface area contributed by atoms with Crippen LogP contribution in [0.4, 0.5) is 0 Å². The predicted molar refractivity (Wildman–Crippen MR) is 63.4 cm³/mol. The highest BCUT2D eigenvalue weighted by Crippen LogP contribution is 2.20. The fourth-order valence-corrected chi connectivity index (χ4v) is 1.43. The maximum atomic E-state index is 8.11. The Labute approximate surface area is 94.9 Å². The Morgan fingerprint density at radius 1 is 1.38 bits per heavy atom. The number of azide groups is 1. The first-order valence-corrected chi connectivity index (χ1v) is 4.84. The molecule has 0 radical (unpaired) electrons. The van der Waals surface area contributed by atoms with Crippen molar-refractivity contribution in [3.63, 3.8) is 0 Å². The molecule has 1 aromatic carbocycles. The van der Waals surface area contributed by atoms with Gasteiger partial charge >= 0.3 is 0 Å². The fourth-order valence-electron chi connectivity index (χ4n) is 1.43. The molecule has 1 aromatic rings. The van der Waals surface area contributed by atoms with Gasteiger partial charge < -0.3 is 4.74 Å². The number of hydrogen-bond acceptors (Lipinski definition) is 2. The smallest absolute Gasteiger partial charge is 0.119 e. The van der Waals surface area contributed by atoms with E-state index in [1.807, 2.05) is 26.0 Å². The Morgan fingerprint density at radius 2 is 2.00 bits per heavy atom. The Balaban J connectivity index is 3.03. The van der Waals surface area contributed by atoms with E-state index in [0.29, 0.717) is 0 Å². The van der Waals surface area contributed by atoms with E-state index in [4.69, 9.17) is 10.3 Å². The van der Waals surface area contributed by atoms with Crippen molar-refractivity contribution < 1.29 is 4.74 Å². The summed E-state index contributed by atoms with van der Waals surface area (Å²) in [6, 6.07) is 3.87. The number of ether oxygens (including phenoxy) is 1. The van der Waals surface area contributed by atoms with Gasteiger partial charge in [-0.15, -0.1) is 0 Å². The van der Waals surface area contributed by atoms with E-state index in [1.165, 1.54) is 0 Å². The molecule has 0 saturated heterocycles. The number of aryl methyl sites for hydroxylation is 2. The number of nitrogens with zero attached hydrogens (tertiary/aromatic N) is 3. The maximum absolute atomic E-state index is 8.11. The Kier molecular flexibility index (Phi) is 4.26. The first-order chi connectivity index (χ1) is 7.69. The summed E-state index contributed by atoms with van der Waals surface area (Å²) in [5.41, 5.74) is 11.2. The normalized spacial score (nSPS) is 8.69. The van der Waals surface area contributed by atoms with Crippen LogP contribution in [0.5, 0.6) is 5.75 Å². The van der Waals surface area contributed by atoms with Gasteiger partial charge in [-0.3, -0.25) is 0 Å². The van der Waals surface area contributed by atoms with Crippen LogP contribution in [0.3, 0.4) is 0 Å². The zero-order valence-corrected chi connectivity index (χ0v) is 9.61. The lowest BCUT2D eigenvalue weighted by Gasteiger charge is -2.06. The highest BCUT2D eigenvalue weighted by Gasteiger charge is 2.02. The molecule has 0 fully saturated rings. The quantitative estimate of drug-likeness (QED) is 0.324. The molecule has 0 spiro atoms. The number of hydrogen-bond donors (Lipinski definition) is 0. The highest BCUT2D eigenvalue weighted by atomic mass is 16.5. The van der Waals surface area contributed by atoms with Gasteiger partial charge in [0.15, 0.2) is 0 Å². The van der Waals surface area contributed by atoms with Crippen LogP contribution in [0.2, 0.25) is 0 Å². The van der Waals surface area contributed by atoms with Gasteiger partial charge in [0.1, 0.15) is 5.75 Å². The van der Waals surface area contributed by atoms with E-state index in [0.717, 1.165) is 22.4 Å². The molecule has 1 rings (SSSR count). The third-order valence-corrected chi connectivity index (χ3v) is 2.17. The third-order valence-electron chi connectivity index (χ3n) is 2.17. The van der Waals surface area contributed by atoms with Crippen molar-refractivity contribution in [3.05, 3.63) is 39.3 Å². The van der Waals surface area contributed by atoms with E-state index < -0.39 is 0 Å². The first kappa shape index (κ1) is 12.0. The van der Waals surface area contributed by atoms with Crippen LogP contribution in [-0.2, 0) is 0 Å². The summed E-state index contributed by atoms with van der Waals surface area (Å²) < 4.78 is 5.16. The van der Waals surface area contributed by atoms with Crippen LogP contribution in [0.25, 0.3) is 10.4 Å². The molecule has 82 valence electrons. The van der Waals surface area contributed by atoms with Crippen LogP contribution < -0.4 is 4.74 Å². The summed E-state index contributed by atoms with van der Waals surface area (Å²) in [5.74, 6) is 6.64. The van der Waals surface area contributed by atoms with Crippen molar-refractivity contribution in [2.75, 3.05) is 13.7 Å². The number of methoxy groups -OCH3 is 1. The van der Waals surface area contributed by atoms with Crippen LogP contribution in [0, 0.1) is 25.7 Å². The standard InChI is InChI=1S/C12H13N3O/c1-9-7-11(16-3)8-10(2)12(9)5-4-6-14-15-13/h7-8H,6H2,1-3H3. The van der Waals surface area contributed by atoms with Crippen molar-refractivity contribution in [3.8, 4) is 17.6 Å². The molecule has 16 heavy (non-hydrogen) atoms. The summed E-state index contributed by atoms with van der Waals surface area (Å²) in [6.07, 6.45) is 0. The SMILES string of the molecule is COc1cc(C)c(C#CCN=[N+]=[N-])c(C)c1. The molecule has 0 unspecified atom stereocenters. The summed E-state index contributed by atoms with van der Waals surface area (Å²) in [4.78, 5) is 2.64. The van der Waals surface area contributed by atoms with Crippen molar-refractivity contribution in [2.24, 2.45) is 5.11 Å². The second kappa shape index (κ2) is 5.69. The molecular weight excluding hydrogens is 202 g/mol. The third kappa shape index (κ3) is 2.94. The summed E-state index contributed by atoms with van der Waals surface area (Å²) in [6.45, 7) is 4.15. The molecule has 0 aliphatic heterocycles. The van der Waals surface area contributed by atoms with Crippen molar-refractivity contribution in [2.45, 2.75) is 13.8 Å². The Hall–Kier alpha value is -2.11. The highest BCUT2D eigenvalue weighted by molar-refractivity contribution is 5.50. The van der Waals surface area contributed by atoms with Crippen LogP contribution in [0.1, 0.15) is 16.7 Å². The van der Waals surface area contributed by atoms with E-state index in [9.17, 15) is 0 Å². The lowest BCUT2D eigenvalue weighted by Crippen LogP contribution is -1.91. The van der Waals surface area contributed by atoms with Gasteiger partial charge in [0.2, 0.25) is 0 Å². The van der Waals surface area contributed by atoms with E-state index in [2.05, 4.69) is 21.9 Å². The van der Waals surface area contributed by atoms with Crippen molar-refractivity contribution >= 4 is 0 Å². The molecule has 0 amide bonds. The molecule has 0 aliphatic carbocycles. The van der Waals surface area contributed by atoms with Gasteiger partial charge in [0, 0.05) is 10.5 Å². The van der Waals surface area contributed by atoms with Crippen LogP contribution >= 0.6 is 0 Å². The molecule has 0 atom stereocenters. The topological polar surface area (TPSA) is 58.0 Å². The zero-order chi connectivity index (χ0) is 12.0. The van der Waals surface area contributed by atoms with E-state index in [-0.39, 0.29) is 6.54 Å². The molecule has 0 N–H and O–H groups in total. The fraction of sp³-hybridized carbons (Fsp3) is 0.333. The Morgan fingerprint density at radius 3 is 2.50 bits per heavy atom. The minimum atomic E-state index is 0.196. The van der Waals surface area contributed by atoms with Gasteiger partial charge in [-0.1, -0.05) is 17.0 Å². The molecular formula is C12H13N3O. The average molecular weight is 215 g/mol. The molecule has 0 aromatic heterocycles.